The number of halogens is 2. The molecule has 5 rings (SSSR count). The number of carbonyl (C=O) groups excluding carboxylic acids is 2. The first-order valence-electron chi connectivity index (χ1n) is 14.3. The molecular weight excluding hydrogens is 552 g/mol. The molecule has 0 bridgehead atoms. The Kier molecular flexibility index (Phi) is 8.40. The molecule has 0 fully saturated rings. The molecule has 43 heavy (non-hydrogen) atoms. The Morgan fingerprint density at radius 3 is 2.33 bits per heavy atom. The van der Waals surface area contributed by atoms with E-state index in [1.165, 1.54) is 12.1 Å². The number of amides is 1. The van der Waals surface area contributed by atoms with Crippen LogP contribution >= 0.6 is 0 Å². The Hall–Kier alpha value is -4.46. The van der Waals surface area contributed by atoms with Gasteiger partial charge in [-0.2, -0.15) is 0 Å². The molecule has 1 heterocycles. The first-order chi connectivity index (χ1) is 20.5. The monoisotopic (exact) mass is 587 g/mol. The summed E-state index contributed by atoms with van der Waals surface area (Å²) in [6, 6.07) is 23.2. The van der Waals surface area contributed by atoms with Crippen LogP contribution in [0.3, 0.4) is 0 Å². The molecule has 0 aromatic heterocycles. The first-order valence-corrected chi connectivity index (χ1v) is 14.3. The minimum absolute atomic E-state index is 0.162. The molecule has 1 aliphatic heterocycles. The Balaban J connectivity index is 1.52. The van der Waals surface area contributed by atoms with E-state index in [0.717, 1.165) is 29.0 Å². The highest BCUT2D eigenvalue weighted by molar-refractivity contribution is 5.90. The van der Waals surface area contributed by atoms with E-state index in [4.69, 9.17) is 9.47 Å². The molecule has 4 aromatic carbocycles. The largest absolute Gasteiger partial charge is 0.488 e. The topological polar surface area (TPSA) is 65.1 Å². The van der Waals surface area contributed by atoms with Gasteiger partial charge in [-0.05, 0) is 74.2 Å². The zero-order chi connectivity index (χ0) is 30.9. The van der Waals surface area contributed by atoms with E-state index in [1.54, 1.807) is 11.0 Å². The average Bonchev–Trinajstić information content (AvgIpc) is 2.97. The highest BCUT2D eigenvalue weighted by Gasteiger charge is 2.36. The number of rotatable bonds is 6. The molecule has 3 atom stereocenters. The standard InChI is InChI=1S/C35H35F2NO5/c1-21(25-15-10-12-22-11-6-7-13-26(22)25)38(34(40)43-35(2,3)4)20-24-19-28(27-14-8-9-16-31(27)42-24)23-17-29(36)32(30(37)18-23)33(39)41-5/h6-18,21,24,28H,19-20H2,1-5H3. The number of esters is 1. The summed E-state index contributed by atoms with van der Waals surface area (Å²) in [6.07, 6.45) is -0.697. The van der Waals surface area contributed by atoms with E-state index in [2.05, 4.69) is 4.74 Å². The molecule has 3 unspecified atom stereocenters. The number of nitrogens with zero attached hydrogens (tertiary/aromatic N) is 1. The molecule has 0 radical (unpaired) electrons. The predicted molar refractivity (Wildman–Crippen MR) is 160 cm³/mol. The van der Waals surface area contributed by atoms with Crippen molar-refractivity contribution in [3.05, 3.63) is 113 Å². The van der Waals surface area contributed by atoms with Gasteiger partial charge in [-0.1, -0.05) is 60.7 Å². The smallest absolute Gasteiger partial charge is 0.410 e. The summed E-state index contributed by atoms with van der Waals surface area (Å²) in [6.45, 7) is 7.56. The number of para-hydroxylation sites is 1. The van der Waals surface area contributed by atoms with E-state index in [-0.39, 0.29) is 12.6 Å². The van der Waals surface area contributed by atoms with Crippen molar-refractivity contribution in [3.8, 4) is 5.75 Å². The molecule has 0 saturated carbocycles. The summed E-state index contributed by atoms with van der Waals surface area (Å²) in [7, 11) is 1.07. The lowest BCUT2D eigenvalue weighted by Gasteiger charge is -2.38. The third kappa shape index (κ3) is 6.33. The van der Waals surface area contributed by atoms with E-state index < -0.39 is 46.9 Å². The Morgan fingerprint density at radius 1 is 0.977 bits per heavy atom. The number of hydrogen-bond donors (Lipinski definition) is 0. The van der Waals surface area contributed by atoms with Gasteiger partial charge in [0.05, 0.1) is 19.7 Å². The van der Waals surface area contributed by atoms with Crippen LogP contribution in [0, 0.1) is 11.6 Å². The summed E-state index contributed by atoms with van der Waals surface area (Å²) in [5.41, 5.74) is 0.610. The zero-order valence-corrected chi connectivity index (χ0v) is 24.9. The van der Waals surface area contributed by atoms with Crippen molar-refractivity contribution in [2.75, 3.05) is 13.7 Å². The number of fused-ring (bicyclic) bond motifs is 2. The Bertz CT molecular complexity index is 1640. The number of carbonyl (C=O) groups is 2. The second kappa shape index (κ2) is 12.0. The number of ether oxygens (including phenoxy) is 3. The summed E-state index contributed by atoms with van der Waals surface area (Å²) in [5.74, 6) is -2.98. The summed E-state index contributed by atoms with van der Waals surface area (Å²) < 4.78 is 46.9. The number of methoxy groups -OCH3 is 1. The first kappa shape index (κ1) is 30.0. The van der Waals surface area contributed by atoms with Crippen molar-refractivity contribution >= 4 is 22.8 Å². The van der Waals surface area contributed by atoms with Crippen LogP contribution < -0.4 is 4.74 Å². The van der Waals surface area contributed by atoms with E-state index >= 15 is 8.78 Å². The molecule has 0 saturated heterocycles. The fourth-order valence-electron chi connectivity index (χ4n) is 5.73. The van der Waals surface area contributed by atoms with Gasteiger partial charge in [0.1, 0.15) is 34.7 Å². The predicted octanol–water partition coefficient (Wildman–Crippen LogP) is 8.19. The second-order valence-electron chi connectivity index (χ2n) is 11.8. The van der Waals surface area contributed by atoms with Gasteiger partial charge in [0, 0.05) is 11.5 Å². The van der Waals surface area contributed by atoms with Crippen LogP contribution in [-0.2, 0) is 9.47 Å². The quantitative estimate of drug-likeness (QED) is 0.213. The SMILES string of the molecule is COC(=O)c1c(F)cc(C2CC(CN(C(=O)OC(C)(C)C)C(C)c3cccc4ccccc34)Oc3ccccc32)cc1F. The van der Waals surface area contributed by atoms with Gasteiger partial charge in [0.25, 0.3) is 0 Å². The van der Waals surface area contributed by atoms with E-state index in [0.29, 0.717) is 17.7 Å². The molecule has 0 N–H and O–H groups in total. The maximum Gasteiger partial charge on any atom is 0.410 e. The normalized spacial score (nSPS) is 17.0. The van der Waals surface area contributed by atoms with Gasteiger partial charge < -0.3 is 14.2 Å². The zero-order valence-electron chi connectivity index (χ0n) is 24.9. The van der Waals surface area contributed by atoms with Gasteiger partial charge in [-0.25, -0.2) is 18.4 Å². The van der Waals surface area contributed by atoms with Crippen LogP contribution in [0.25, 0.3) is 10.8 Å². The van der Waals surface area contributed by atoms with Crippen LogP contribution in [0.15, 0.2) is 78.9 Å². The van der Waals surface area contributed by atoms with E-state index in [1.807, 2.05) is 88.4 Å². The molecule has 0 spiro atoms. The van der Waals surface area contributed by atoms with Crippen molar-refractivity contribution in [1.82, 2.24) is 4.90 Å². The fourth-order valence-corrected chi connectivity index (χ4v) is 5.73. The van der Waals surface area contributed by atoms with Crippen LogP contribution in [0.4, 0.5) is 13.6 Å². The van der Waals surface area contributed by atoms with Crippen LogP contribution in [0.1, 0.15) is 73.1 Å². The summed E-state index contributed by atoms with van der Waals surface area (Å²) in [4.78, 5) is 27.3. The lowest BCUT2D eigenvalue weighted by atomic mass is 9.83. The average molecular weight is 588 g/mol. The number of hydrogen-bond acceptors (Lipinski definition) is 5. The molecule has 4 aromatic rings. The van der Waals surface area contributed by atoms with Crippen molar-refractivity contribution in [3.63, 3.8) is 0 Å². The van der Waals surface area contributed by atoms with Gasteiger partial charge in [-0.3, -0.25) is 4.90 Å². The molecule has 224 valence electrons. The molecule has 0 aliphatic carbocycles. The second-order valence-corrected chi connectivity index (χ2v) is 11.8. The van der Waals surface area contributed by atoms with Gasteiger partial charge in [0.2, 0.25) is 0 Å². The number of benzene rings is 4. The summed E-state index contributed by atoms with van der Waals surface area (Å²) in [5, 5.41) is 2.08. The van der Waals surface area contributed by atoms with Crippen molar-refractivity contribution in [2.45, 2.75) is 57.8 Å². The molecule has 8 heteroatoms. The fraction of sp³-hybridized carbons (Fsp3) is 0.314. The minimum Gasteiger partial charge on any atom is -0.488 e. The third-order valence-corrected chi connectivity index (χ3v) is 7.71. The van der Waals surface area contributed by atoms with Gasteiger partial charge >= 0.3 is 12.1 Å². The van der Waals surface area contributed by atoms with Gasteiger partial charge in [0.15, 0.2) is 0 Å². The maximum atomic E-state index is 15.0. The van der Waals surface area contributed by atoms with Crippen LogP contribution in [0.5, 0.6) is 5.75 Å². The van der Waals surface area contributed by atoms with Crippen molar-refractivity contribution < 1.29 is 32.6 Å². The molecular formula is C35H35F2NO5. The highest BCUT2D eigenvalue weighted by Crippen LogP contribution is 2.42. The minimum atomic E-state index is -1.08. The molecule has 1 aliphatic rings. The summed E-state index contributed by atoms with van der Waals surface area (Å²) >= 11 is 0. The highest BCUT2D eigenvalue weighted by atomic mass is 19.1. The lowest BCUT2D eigenvalue weighted by molar-refractivity contribution is 0.00570. The van der Waals surface area contributed by atoms with Gasteiger partial charge in [-0.15, -0.1) is 0 Å². The van der Waals surface area contributed by atoms with Crippen LogP contribution in [0.2, 0.25) is 0 Å². The van der Waals surface area contributed by atoms with E-state index in [9.17, 15) is 9.59 Å². The van der Waals surface area contributed by atoms with Crippen molar-refractivity contribution in [1.29, 1.82) is 0 Å². The molecule has 6 nitrogen and oxygen atoms in total. The maximum absolute atomic E-state index is 15.0. The van der Waals surface area contributed by atoms with Crippen LogP contribution in [-0.4, -0.2) is 42.3 Å². The Morgan fingerprint density at radius 2 is 1.63 bits per heavy atom. The molecule has 1 amide bonds. The van der Waals surface area contributed by atoms with Crippen molar-refractivity contribution in [2.24, 2.45) is 0 Å². The Labute approximate surface area is 250 Å². The third-order valence-electron chi connectivity index (χ3n) is 7.71. The lowest BCUT2D eigenvalue weighted by Crippen LogP contribution is -2.45.